The average molecular weight is 238 g/mol. The Morgan fingerprint density at radius 2 is 1.71 bits per heavy atom. The van der Waals surface area contributed by atoms with Gasteiger partial charge in [-0.3, -0.25) is 0 Å². The third-order valence-corrected chi connectivity index (χ3v) is 5.92. The van der Waals surface area contributed by atoms with Crippen LogP contribution in [0.15, 0.2) is 0 Å². The van der Waals surface area contributed by atoms with Gasteiger partial charge in [0, 0.05) is 6.04 Å². The minimum Gasteiger partial charge on any atom is -0.328 e. The van der Waals surface area contributed by atoms with Crippen molar-refractivity contribution >= 4 is 0 Å². The molecule has 0 aromatic carbocycles. The van der Waals surface area contributed by atoms with Gasteiger partial charge in [-0.25, -0.2) is 0 Å². The molecule has 2 rings (SSSR count). The molecule has 100 valence electrons. The minimum atomic E-state index is 0.462. The van der Waals surface area contributed by atoms with Gasteiger partial charge >= 0.3 is 0 Å². The maximum Gasteiger partial charge on any atom is 0.00419 e. The fourth-order valence-electron chi connectivity index (χ4n) is 3.79. The van der Waals surface area contributed by atoms with E-state index in [-0.39, 0.29) is 0 Å². The van der Waals surface area contributed by atoms with E-state index in [1.165, 1.54) is 38.8 Å². The van der Waals surface area contributed by atoms with Crippen LogP contribution in [0.4, 0.5) is 0 Å². The van der Waals surface area contributed by atoms with E-state index >= 15 is 0 Å². The molecule has 2 aliphatic rings. The molecule has 2 saturated carbocycles. The van der Waals surface area contributed by atoms with Crippen LogP contribution < -0.4 is 11.1 Å². The van der Waals surface area contributed by atoms with Crippen LogP contribution in [0.1, 0.15) is 53.4 Å². The van der Waals surface area contributed by atoms with E-state index in [4.69, 9.17) is 5.73 Å². The lowest BCUT2D eigenvalue weighted by molar-refractivity contribution is 0.307. The Hall–Kier alpha value is -0.0800. The molecule has 0 aromatic heterocycles. The molecule has 2 atom stereocenters. The Morgan fingerprint density at radius 3 is 2.24 bits per heavy atom. The average Bonchev–Trinajstić information content (AvgIpc) is 2.60. The monoisotopic (exact) mass is 238 g/mol. The van der Waals surface area contributed by atoms with Crippen molar-refractivity contribution in [1.29, 1.82) is 0 Å². The molecule has 0 bridgehead atoms. The molecule has 2 unspecified atom stereocenters. The molecule has 0 radical (unpaired) electrons. The summed E-state index contributed by atoms with van der Waals surface area (Å²) < 4.78 is 0. The van der Waals surface area contributed by atoms with Gasteiger partial charge in [-0.15, -0.1) is 0 Å². The molecule has 0 aromatic rings. The normalized spacial score (nSPS) is 35.8. The minimum absolute atomic E-state index is 0.462. The lowest BCUT2D eigenvalue weighted by Gasteiger charge is -2.26. The van der Waals surface area contributed by atoms with Crippen LogP contribution >= 0.6 is 0 Å². The van der Waals surface area contributed by atoms with Crippen LogP contribution in [0.25, 0.3) is 0 Å². The van der Waals surface area contributed by atoms with Gasteiger partial charge in [-0.05, 0) is 55.0 Å². The molecule has 2 heteroatoms. The second kappa shape index (κ2) is 4.55. The second-order valence-electron chi connectivity index (χ2n) is 7.45. The van der Waals surface area contributed by atoms with Crippen molar-refractivity contribution in [2.75, 3.05) is 13.1 Å². The highest BCUT2D eigenvalue weighted by molar-refractivity contribution is 5.12. The lowest BCUT2D eigenvalue weighted by atomic mass is 9.86. The zero-order valence-corrected chi connectivity index (χ0v) is 12.1. The Balaban J connectivity index is 1.67. The molecule has 0 spiro atoms. The largest absolute Gasteiger partial charge is 0.328 e. The van der Waals surface area contributed by atoms with Crippen LogP contribution in [0.5, 0.6) is 0 Å². The summed E-state index contributed by atoms with van der Waals surface area (Å²) in [6.07, 6.45) is 5.16. The molecule has 3 N–H and O–H groups in total. The first-order valence-corrected chi connectivity index (χ1v) is 7.32. The van der Waals surface area contributed by atoms with E-state index < -0.39 is 0 Å². The van der Waals surface area contributed by atoms with Gasteiger partial charge in [-0.2, -0.15) is 0 Å². The Labute approximate surface area is 107 Å². The van der Waals surface area contributed by atoms with Gasteiger partial charge in [0.1, 0.15) is 0 Å². The fourth-order valence-corrected chi connectivity index (χ4v) is 3.79. The molecule has 2 nitrogen and oxygen atoms in total. The summed E-state index contributed by atoms with van der Waals surface area (Å²) in [5.41, 5.74) is 7.06. The summed E-state index contributed by atoms with van der Waals surface area (Å²) in [7, 11) is 0. The molecule has 0 saturated heterocycles. The number of rotatable bonds is 4. The van der Waals surface area contributed by atoms with Crippen molar-refractivity contribution in [2.24, 2.45) is 28.4 Å². The second-order valence-corrected chi connectivity index (χ2v) is 7.45. The van der Waals surface area contributed by atoms with Crippen molar-refractivity contribution in [3.8, 4) is 0 Å². The smallest absolute Gasteiger partial charge is 0.00419 e. The van der Waals surface area contributed by atoms with Crippen LogP contribution in [-0.2, 0) is 0 Å². The maximum atomic E-state index is 6.03. The Bertz CT molecular complexity index is 256. The fraction of sp³-hybridized carbons (Fsp3) is 1.00. The standard InChI is InChI=1S/C15H30N2/c1-14(2)13(15(14,3)4)10-17-9-11-6-5-7-12(16)8-11/h11-13,17H,5-10,16H2,1-4H3. The predicted octanol–water partition coefficient (Wildman–Crippen LogP) is 2.78. The summed E-state index contributed by atoms with van der Waals surface area (Å²) >= 11 is 0. The number of nitrogens with two attached hydrogens (primary N) is 1. The maximum absolute atomic E-state index is 6.03. The van der Waals surface area contributed by atoms with E-state index in [0.717, 1.165) is 11.8 Å². The van der Waals surface area contributed by atoms with Gasteiger partial charge in [-0.1, -0.05) is 34.1 Å². The van der Waals surface area contributed by atoms with Crippen molar-refractivity contribution in [1.82, 2.24) is 5.32 Å². The first kappa shape index (κ1) is 13.4. The molecule has 0 heterocycles. The molecular formula is C15H30N2. The first-order chi connectivity index (χ1) is 7.85. The Kier molecular flexibility index (Phi) is 3.57. The van der Waals surface area contributed by atoms with Crippen LogP contribution in [0.3, 0.4) is 0 Å². The number of hydrogen-bond acceptors (Lipinski definition) is 2. The summed E-state index contributed by atoms with van der Waals surface area (Å²) in [5, 5.41) is 3.69. The zero-order valence-electron chi connectivity index (χ0n) is 12.1. The predicted molar refractivity (Wildman–Crippen MR) is 73.9 cm³/mol. The molecule has 0 amide bonds. The van der Waals surface area contributed by atoms with Crippen LogP contribution in [-0.4, -0.2) is 19.1 Å². The summed E-state index contributed by atoms with van der Waals surface area (Å²) in [5.74, 6) is 1.66. The summed E-state index contributed by atoms with van der Waals surface area (Å²) in [6, 6.07) is 0.462. The summed E-state index contributed by atoms with van der Waals surface area (Å²) in [4.78, 5) is 0. The van der Waals surface area contributed by atoms with Crippen LogP contribution in [0.2, 0.25) is 0 Å². The lowest BCUT2D eigenvalue weighted by Crippen LogP contribution is -2.34. The van der Waals surface area contributed by atoms with E-state index in [2.05, 4.69) is 33.0 Å². The van der Waals surface area contributed by atoms with Gasteiger partial charge in [0.05, 0.1) is 0 Å². The van der Waals surface area contributed by atoms with Crippen molar-refractivity contribution < 1.29 is 0 Å². The van der Waals surface area contributed by atoms with Crippen molar-refractivity contribution in [3.63, 3.8) is 0 Å². The van der Waals surface area contributed by atoms with Gasteiger partial charge in [0.2, 0.25) is 0 Å². The third kappa shape index (κ3) is 2.53. The molecule has 0 aliphatic heterocycles. The van der Waals surface area contributed by atoms with Crippen LogP contribution in [0, 0.1) is 22.7 Å². The highest BCUT2D eigenvalue weighted by Gasteiger charge is 2.63. The number of hydrogen-bond donors (Lipinski definition) is 2. The molecular weight excluding hydrogens is 208 g/mol. The zero-order chi connectivity index (χ0) is 12.7. The molecule has 2 fully saturated rings. The van der Waals surface area contributed by atoms with Gasteiger partial charge < -0.3 is 11.1 Å². The van der Waals surface area contributed by atoms with Crippen molar-refractivity contribution in [3.05, 3.63) is 0 Å². The first-order valence-electron chi connectivity index (χ1n) is 7.32. The van der Waals surface area contributed by atoms with E-state index in [1.54, 1.807) is 0 Å². The van der Waals surface area contributed by atoms with Crippen molar-refractivity contribution in [2.45, 2.75) is 59.4 Å². The third-order valence-electron chi connectivity index (χ3n) is 5.92. The Morgan fingerprint density at radius 1 is 1.06 bits per heavy atom. The quantitative estimate of drug-likeness (QED) is 0.790. The molecule has 17 heavy (non-hydrogen) atoms. The number of nitrogens with one attached hydrogen (secondary N) is 1. The van der Waals surface area contributed by atoms with E-state index in [0.29, 0.717) is 16.9 Å². The van der Waals surface area contributed by atoms with E-state index in [9.17, 15) is 0 Å². The van der Waals surface area contributed by atoms with E-state index in [1.807, 2.05) is 0 Å². The summed E-state index contributed by atoms with van der Waals surface area (Å²) in [6.45, 7) is 12.0. The van der Waals surface area contributed by atoms with Gasteiger partial charge in [0.25, 0.3) is 0 Å². The topological polar surface area (TPSA) is 38.0 Å². The van der Waals surface area contributed by atoms with Gasteiger partial charge in [0.15, 0.2) is 0 Å². The highest BCUT2D eigenvalue weighted by atomic mass is 14.9. The SMILES string of the molecule is CC1(C)C(CNCC2CCCC(N)C2)C1(C)C. The highest BCUT2D eigenvalue weighted by Crippen LogP contribution is 2.67. The molecule has 2 aliphatic carbocycles.